The third-order valence-electron chi connectivity index (χ3n) is 3.43. The van der Waals surface area contributed by atoms with Crippen LogP contribution in [0.4, 0.5) is 0 Å². The maximum absolute atomic E-state index is 11.5. The van der Waals surface area contributed by atoms with Gasteiger partial charge in [-0.05, 0) is 12.3 Å². The van der Waals surface area contributed by atoms with Gasteiger partial charge in [0.25, 0.3) is 0 Å². The van der Waals surface area contributed by atoms with Crippen LogP contribution in [-0.4, -0.2) is 56.5 Å². The molecule has 4 nitrogen and oxygen atoms in total. The molecular formula is C13H28N2O2S. The fourth-order valence-corrected chi connectivity index (χ4v) is 3.98. The van der Waals surface area contributed by atoms with Crippen molar-refractivity contribution >= 4 is 9.84 Å². The molecule has 1 atom stereocenters. The van der Waals surface area contributed by atoms with Crippen molar-refractivity contribution in [3.63, 3.8) is 0 Å². The van der Waals surface area contributed by atoms with Gasteiger partial charge in [-0.25, -0.2) is 8.42 Å². The first-order valence-corrected chi connectivity index (χ1v) is 8.61. The fraction of sp³-hybridized carbons (Fsp3) is 1.00. The van der Waals surface area contributed by atoms with Crippen molar-refractivity contribution in [3.8, 4) is 0 Å². The lowest BCUT2D eigenvalue weighted by Crippen LogP contribution is -2.51. The molecule has 0 saturated carbocycles. The predicted molar refractivity (Wildman–Crippen MR) is 76.6 cm³/mol. The SMILES string of the molecule is CC(C)NCC(C)(C)CN1CCS(=O)(=O)CC1C. The number of sulfone groups is 1. The topological polar surface area (TPSA) is 49.4 Å². The first kappa shape index (κ1) is 15.9. The average molecular weight is 276 g/mol. The van der Waals surface area contributed by atoms with Crippen molar-refractivity contribution in [1.29, 1.82) is 0 Å². The molecule has 0 aromatic heterocycles. The van der Waals surface area contributed by atoms with Crippen LogP contribution in [0.2, 0.25) is 0 Å². The minimum Gasteiger partial charge on any atom is -0.314 e. The van der Waals surface area contributed by atoms with Gasteiger partial charge in [-0.2, -0.15) is 0 Å². The molecule has 1 aliphatic rings. The molecule has 0 bridgehead atoms. The highest BCUT2D eigenvalue weighted by Gasteiger charge is 2.31. The molecule has 0 spiro atoms. The highest BCUT2D eigenvalue weighted by atomic mass is 32.2. The van der Waals surface area contributed by atoms with Crippen LogP contribution < -0.4 is 5.32 Å². The zero-order valence-electron chi connectivity index (χ0n) is 12.4. The van der Waals surface area contributed by atoms with E-state index in [9.17, 15) is 8.42 Å². The van der Waals surface area contributed by atoms with Gasteiger partial charge in [0, 0.05) is 31.7 Å². The standard InChI is InChI=1S/C13H28N2O2S/c1-11(2)14-9-13(4,5)10-15-6-7-18(16,17)8-12(15)3/h11-12,14H,6-10H2,1-5H3. The Bertz CT molecular complexity index is 363. The van der Waals surface area contributed by atoms with E-state index in [1.807, 2.05) is 6.92 Å². The van der Waals surface area contributed by atoms with Crippen LogP contribution in [0.3, 0.4) is 0 Å². The van der Waals surface area contributed by atoms with E-state index in [4.69, 9.17) is 0 Å². The van der Waals surface area contributed by atoms with Gasteiger partial charge in [0.05, 0.1) is 11.5 Å². The molecule has 1 rings (SSSR count). The van der Waals surface area contributed by atoms with E-state index in [1.165, 1.54) is 0 Å². The van der Waals surface area contributed by atoms with E-state index >= 15 is 0 Å². The van der Waals surface area contributed by atoms with E-state index in [2.05, 4.69) is 37.9 Å². The molecule has 1 fully saturated rings. The van der Waals surface area contributed by atoms with Gasteiger partial charge in [0.15, 0.2) is 9.84 Å². The summed E-state index contributed by atoms with van der Waals surface area (Å²) < 4.78 is 23.1. The molecule has 1 heterocycles. The summed E-state index contributed by atoms with van der Waals surface area (Å²) in [5.74, 6) is 0.617. The Kier molecular flexibility index (Phi) is 5.21. The van der Waals surface area contributed by atoms with Crippen molar-refractivity contribution in [3.05, 3.63) is 0 Å². The van der Waals surface area contributed by atoms with Gasteiger partial charge in [0.1, 0.15) is 0 Å². The normalized spacial score (nSPS) is 25.6. The van der Waals surface area contributed by atoms with Crippen molar-refractivity contribution in [2.75, 3.05) is 31.1 Å². The Labute approximate surface area is 112 Å². The highest BCUT2D eigenvalue weighted by molar-refractivity contribution is 7.91. The molecule has 18 heavy (non-hydrogen) atoms. The first-order chi connectivity index (χ1) is 8.11. The summed E-state index contributed by atoms with van der Waals surface area (Å²) in [6.45, 7) is 13.4. The van der Waals surface area contributed by atoms with Crippen LogP contribution in [0.25, 0.3) is 0 Å². The molecule has 108 valence electrons. The largest absolute Gasteiger partial charge is 0.314 e. The van der Waals surface area contributed by atoms with Gasteiger partial charge in [0.2, 0.25) is 0 Å². The second-order valence-electron chi connectivity index (χ2n) is 6.63. The number of hydrogen-bond donors (Lipinski definition) is 1. The lowest BCUT2D eigenvalue weighted by atomic mass is 9.91. The monoisotopic (exact) mass is 276 g/mol. The number of rotatable bonds is 5. The lowest BCUT2D eigenvalue weighted by molar-refractivity contribution is 0.144. The van der Waals surface area contributed by atoms with Crippen LogP contribution in [0, 0.1) is 5.41 Å². The summed E-state index contributed by atoms with van der Waals surface area (Å²) in [7, 11) is -2.80. The molecular weight excluding hydrogens is 248 g/mol. The van der Waals surface area contributed by atoms with Crippen LogP contribution in [-0.2, 0) is 9.84 Å². The van der Waals surface area contributed by atoms with Gasteiger partial charge >= 0.3 is 0 Å². The van der Waals surface area contributed by atoms with Crippen LogP contribution >= 0.6 is 0 Å². The van der Waals surface area contributed by atoms with Crippen molar-refractivity contribution in [2.45, 2.75) is 46.7 Å². The highest BCUT2D eigenvalue weighted by Crippen LogP contribution is 2.20. The maximum atomic E-state index is 11.5. The molecule has 1 saturated heterocycles. The Morgan fingerprint density at radius 3 is 2.50 bits per heavy atom. The third kappa shape index (κ3) is 5.24. The molecule has 1 aliphatic heterocycles. The van der Waals surface area contributed by atoms with E-state index in [0.29, 0.717) is 24.1 Å². The maximum Gasteiger partial charge on any atom is 0.153 e. The Morgan fingerprint density at radius 2 is 2.00 bits per heavy atom. The van der Waals surface area contributed by atoms with Gasteiger partial charge in [-0.15, -0.1) is 0 Å². The van der Waals surface area contributed by atoms with Crippen molar-refractivity contribution < 1.29 is 8.42 Å². The summed E-state index contributed by atoms with van der Waals surface area (Å²) >= 11 is 0. The van der Waals surface area contributed by atoms with Gasteiger partial charge in [-0.3, -0.25) is 4.90 Å². The van der Waals surface area contributed by atoms with E-state index in [0.717, 1.165) is 13.1 Å². The molecule has 0 aromatic carbocycles. The Balaban J connectivity index is 2.51. The number of nitrogens with one attached hydrogen (secondary N) is 1. The molecule has 1 N–H and O–H groups in total. The summed E-state index contributed by atoms with van der Waals surface area (Å²) in [4.78, 5) is 2.31. The van der Waals surface area contributed by atoms with Crippen LogP contribution in [0.1, 0.15) is 34.6 Å². The van der Waals surface area contributed by atoms with Gasteiger partial charge < -0.3 is 5.32 Å². The zero-order valence-corrected chi connectivity index (χ0v) is 13.2. The Hall–Kier alpha value is -0.130. The van der Waals surface area contributed by atoms with Crippen LogP contribution in [0.5, 0.6) is 0 Å². The molecule has 0 radical (unpaired) electrons. The van der Waals surface area contributed by atoms with Gasteiger partial charge in [-0.1, -0.05) is 27.7 Å². The van der Waals surface area contributed by atoms with Crippen molar-refractivity contribution in [1.82, 2.24) is 10.2 Å². The third-order valence-corrected chi connectivity index (χ3v) is 5.22. The lowest BCUT2D eigenvalue weighted by Gasteiger charge is -2.39. The van der Waals surface area contributed by atoms with E-state index < -0.39 is 9.84 Å². The average Bonchev–Trinajstić information content (AvgIpc) is 2.19. The van der Waals surface area contributed by atoms with Crippen LogP contribution in [0.15, 0.2) is 0 Å². The Morgan fingerprint density at radius 1 is 1.39 bits per heavy atom. The zero-order chi connectivity index (χ0) is 14.0. The molecule has 0 amide bonds. The number of nitrogens with zero attached hydrogens (tertiary/aromatic N) is 1. The van der Waals surface area contributed by atoms with E-state index in [1.54, 1.807) is 0 Å². The second kappa shape index (κ2) is 5.88. The summed E-state index contributed by atoms with van der Waals surface area (Å²) in [6, 6.07) is 0.630. The minimum atomic E-state index is -2.80. The molecule has 0 aliphatic carbocycles. The quantitative estimate of drug-likeness (QED) is 0.818. The predicted octanol–water partition coefficient (Wildman–Crippen LogP) is 1.13. The summed E-state index contributed by atoms with van der Waals surface area (Å²) in [5.41, 5.74) is 0.166. The molecule has 1 unspecified atom stereocenters. The second-order valence-corrected chi connectivity index (χ2v) is 8.86. The summed E-state index contributed by atoms with van der Waals surface area (Å²) in [6.07, 6.45) is 0. The number of hydrogen-bond acceptors (Lipinski definition) is 4. The molecule has 5 heteroatoms. The summed E-state index contributed by atoms with van der Waals surface area (Å²) in [5, 5.41) is 3.46. The van der Waals surface area contributed by atoms with E-state index in [-0.39, 0.29) is 11.5 Å². The first-order valence-electron chi connectivity index (χ1n) is 6.79. The van der Waals surface area contributed by atoms with Crippen molar-refractivity contribution in [2.24, 2.45) is 5.41 Å². The minimum absolute atomic E-state index is 0.141. The smallest absolute Gasteiger partial charge is 0.153 e. The molecule has 0 aromatic rings. The fourth-order valence-electron chi connectivity index (χ4n) is 2.35.